The highest BCUT2D eigenvalue weighted by Crippen LogP contribution is 2.32. The number of hydrogen-bond acceptors (Lipinski definition) is 4. The van der Waals surface area contributed by atoms with Gasteiger partial charge in [0.05, 0.1) is 17.7 Å². The van der Waals surface area contributed by atoms with E-state index in [9.17, 15) is 0 Å². The number of ether oxygens (including phenoxy) is 1. The van der Waals surface area contributed by atoms with E-state index >= 15 is 0 Å². The van der Waals surface area contributed by atoms with E-state index in [0.717, 1.165) is 21.9 Å². The van der Waals surface area contributed by atoms with Gasteiger partial charge in [-0.1, -0.05) is 0 Å². The number of nitrogens with zero attached hydrogens (tertiary/aromatic N) is 1. The smallest absolute Gasteiger partial charge is 0.148 e. The van der Waals surface area contributed by atoms with Crippen LogP contribution >= 0.6 is 11.3 Å². The van der Waals surface area contributed by atoms with Crippen LogP contribution in [0.1, 0.15) is 5.56 Å². The minimum Gasteiger partial charge on any atom is -0.496 e. The second kappa shape index (κ2) is 3.34. The Balaban J connectivity index is 2.44. The molecule has 0 fully saturated rings. The Bertz CT molecular complexity index is 447. The number of methoxy groups -OCH3 is 1. The van der Waals surface area contributed by atoms with Crippen LogP contribution in [0, 0.1) is 6.92 Å². The van der Waals surface area contributed by atoms with Crippen molar-refractivity contribution in [1.29, 1.82) is 0 Å². The molecule has 0 unspecified atom stereocenters. The van der Waals surface area contributed by atoms with Crippen molar-refractivity contribution < 1.29 is 4.74 Å². The number of rotatable bonds is 2. The summed E-state index contributed by atoms with van der Waals surface area (Å²) < 4.78 is 5.11. The molecule has 4 nitrogen and oxygen atoms in total. The summed E-state index contributed by atoms with van der Waals surface area (Å²) in [5.41, 5.74) is 7.60. The first-order chi connectivity index (χ1) is 6.72. The Labute approximate surface area is 85.7 Å². The molecular formula is C9H11N3OS. The highest BCUT2D eigenvalue weighted by atomic mass is 32.1. The molecule has 0 atom stereocenters. The Morgan fingerprint density at radius 1 is 1.57 bits per heavy atom. The van der Waals surface area contributed by atoms with Crippen LogP contribution in [0.5, 0.6) is 5.75 Å². The lowest BCUT2D eigenvalue weighted by Crippen LogP contribution is -1.85. The van der Waals surface area contributed by atoms with Gasteiger partial charge in [0.2, 0.25) is 0 Å². The van der Waals surface area contributed by atoms with Crippen molar-refractivity contribution in [3.63, 3.8) is 0 Å². The minimum atomic E-state index is 0.548. The summed E-state index contributed by atoms with van der Waals surface area (Å²) >= 11 is 1.60. The van der Waals surface area contributed by atoms with Crippen molar-refractivity contribution >= 4 is 17.2 Å². The van der Waals surface area contributed by atoms with Crippen molar-refractivity contribution in [1.82, 2.24) is 10.2 Å². The largest absolute Gasteiger partial charge is 0.496 e. The fourth-order valence-electron chi connectivity index (χ4n) is 1.21. The van der Waals surface area contributed by atoms with Crippen molar-refractivity contribution in [2.45, 2.75) is 6.92 Å². The predicted molar refractivity (Wildman–Crippen MR) is 57.6 cm³/mol. The van der Waals surface area contributed by atoms with Gasteiger partial charge >= 0.3 is 0 Å². The Morgan fingerprint density at radius 3 is 2.86 bits per heavy atom. The number of nitrogens with two attached hydrogens (primary N) is 1. The summed E-state index contributed by atoms with van der Waals surface area (Å²) in [4.78, 5) is 1.09. The molecule has 0 aliphatic rings. The molecule has 14 heavy (non-hydrogen) atoms. The Hall–Kier alpha value is -1.49. The molecule has 2 heterocycles. The summed E-state index contributed by atoms with van der Waals surface area (Å²) in [5.74, 6) is 1.41. The van der Waals surface area contributed by atoms with E-state index in [1.54, 1.807) is 18.4 Å². The summed E-state index contributed by atoms with van der Waals surface area (Å²) in [7, 11) is 1.65. The molecule has 0 amide bonds. The summed E-state index contributed by atoms with van der Waals surface area (Å²) in [5, 5.41) is 8.80. The van der Waals surface area contributed by atoms with Crippen LogP contribution < -0.4 is 10.5 Å². The summed E-state index contributed by atoms with van der Waals surface area (Å²) in [6.07, 6.45) is 0. The molecule has 0 aromatic carbocycles. The van der Waals surface area contributed by atoms with Crippen molar-refractivity contribution in [3.05, 3.63) is 17.0 Å². The van der Waals surface area contributed by atoms with E-state index in [0.29, 0.717) is 5.82 Å². The molecule has 0 aliphatic carbocycles. The van der Waals surface area contributed by atoms with Crippen molar-refractivity contribution in [2.24, 2.45) is 0 Å². The number of thiophene rings is 1. The summed E-state index contributed by atoms with van der Waals surface area (Å²) in [6.45, 7) is 1.94. The molecular weight excluding hydrogens is 198 g/mol. The monoisotopic (exact) mass is 209 g/mol. The number of nitrogen functional groups attached to an aromatic ring is 1. The van der Waals surface area contributed by atoms with E-state index < -0.39 is 0 Å². The molecule has 5 heteroatoms. The SMILES string of the molecule is COc1csc(-c2[nH]nc(N)c2C)c1. The quantitative estimate of drug-likeness (QED) is 0.795. The molecule has 2 aromatic rings. The third-order valence-corrected chi connectivity index (χ3v) is 3.03. The molecule has 2 rings (SSSR count). The van der Waals surface area contributed by atoms with E-state index in [1.807, 2.05) is 18.4 Å². The van der Waals surface area contributed by atoms with Gasteiger partial charge in [-0.05, 0) is 6.92 Å². The number of nitrogens with one attached hydrogen (secondary N) is 1. The first-order valence-corrected chi connectivity index (χ1v) is 5.03. The fraction of sp³-hybridized carbons (Fsp3) is 0.222. The molecule has 3 N–H and O–H groups in total. The van der Waals surface area contributed by atoms with E-state index in [-0.39, 0.29) is 0 Å². The lowest BCUT2D eigenvalue weighted by molar-refractivity contribution is 0.417. The first kappa shape index (κ1) is 9.08. The third-order valence-electron chi connectivity index (χ3n) is 2.10. The number of aromatic nitrogens is 2. The summed E-state index contributed by atoms with van der Waals surface area (Å²) in [6, 6.07) is 1.96. The first-order valence-electron chi connectivity index (χ1n) is 4.15. The average Bonchev–Trinajstić information content (AvgIpc) is 2.75. The van der Waals surface area contributed by atoms with E-state index in [4.69, 9.17) is 10.5 Å². The fourth-order valence-corrected chi connectivity index (χ4v) is 2.12. The lowest BCUT2D eigenvalue weighted by atomic mass is 10.2. The van der Waals surface area contributed by atoms with Crippen molar-refractivity contribution in [2.75, 3.05) is 12.8 Å². The highest BCUT2D eigenvalue weighted by molar-refractivity contribution is 7.13. The van der Waals surface area contributed by atoms with Gasteiger partial charge in [0.1, 0.15) is 11.6 Å². The maximum absolute atomic E-state index is 5.65. The van der Waals surface area contributed by atoms with Gasteiger partial charge in [0.25, 0.3) is 0 Å². The van der Waals surface area contributed by atoms with Crippen LogP contribution in [0.3, 0.4) is 0 Å². The number of hydrogen-bond donors (Lipinski definition) is 2. The maximum atomic E-state index is 5.65. The topological polar surface area (TPSA) is 63.9 Å². The maximum Gasteiger partial charge on any atom is 0.148 e. The third kappa shape index (κ3) is 1.35. The van der Waals surface area contributed by atoms with E-state index in [2.05, 4.69) is 10.2 Å². The Morgan fingerprint density at radius 2 is 2.36 bits per heavy atom. The van der Waals surface area contributed by atoms with Gasteiger partial charge in [-0.3, -0.25) is 5.10 Å². The molecule has 74 valence electrons. The van der Waals surface area contributed by atoms with Crippen LogP contribution in [0.25, 0.3) is 10.6 Å². The molecule has 0 saturated heterocycles. The molecule has 0 saturated carbocycles. The molecule has 0 bridgehead atoms. The number of aromatic amines is 1. The van der Waals surface area contributed by atoms with Gasteiger partial charge in [0.15, 0.2) is 0 Å². The zero-order valence-electron chi connectivity index (χ0n) is 8.00. The molecule has 2 aromatic heterocycles. The van der Waals surface area contributed by atoms with Crippen LogP contribution in [0.15, 0.2) is 11.4 Å². The van der Waals surface area contributed by atoms with Crippen LogP contribution in [0.4, 0.5) is 5.82 Å². The van der Waals surface area contributed by atoms with Crippen LogP contribution in [-0.4, -0.2) is 17.3 Å². The number of anilines is 1. The standard InChI is InChI=1S/C9H11N3OS/c1-5-8(11-12-9(5)10)7-3-6(13-2)4-14-7/h3-4H,1-2H3,(H3,10,11,12). The lowest BCUT2D eigenvalue weighted by Gasteiger charge is -1.93. The van der Waals surface area contributed by atoms with Gasteiger partial charge < -0.3 is 10.5 Å². The molecule has 0 aliphatic heterocycles. The van der Waals surface area contributed by atoms with Gasteiger partial charge in [0, 0.05) is 17.0 Å². The zero-order chi connectivity index (χ0) is 10.1. The minimum absolute atomic E-state index is 0.548. The molecule has 0 spiro atoms. The number of H-pyrrole nitrogens is 1. The van der Waals surface area contributed by atoms with Crippen molar-refractivity contribution in [3.8, 4) is 16.3 Å². The second-order valence-corrected chi connectivity index (χ2v) is 3.87. The second-order valence-electron chi connectivity index (χ2n) is 2.96. The van der Waals surface area contributed by atoms with E-state index in [1.165, 1.54) is 0 Å². The predicted octanol–water partition coefficient (Wildman–Crippen LogP) is 2.04. The highest BCUT2D eigenvalue weighted by Gasteiger charge is 2.10. The van der Waals surface area contributed by atoms with Crippen LogP contribution in [-0.2, 0) is 0 Å². The van der Waals surface area contributed by atoms with Gasteiger partial charge in [-0.15, -0.1) is 11.3 Å². The molecule has 0 radical (unpaired) electrons. The van der Waals surface area contributed by atoms with Crippen LogP contribution in [0.2, 0.25) is 0 Å². The average molecular weight is 209 g/mol. The van der Waals surface area contributed by atoms with Gasteiger partial charge in [-0.25, -0.2) is 0 Å². The zero-order valence-corrected chi connectivity index (χ0v) is 8.81. The normalized spacial score (nSPS) is 10.4. The Kier molecular flexibility index (Phi) is 2.17. The van der Waals surface area contributed by atoms with Gasteiger partial charge in [-0.2, -0.15) is 5.10 Å².